The van der Waals surface area contributed by atoms with Gasteiger partial charge in [-0.3, -0.25) is 4.79 Å². The Kier molecular flexibility index (Phi) is 2.15. The normalized spacial score (nSPS) is 27.0. The Morgan fingerprint density at radius 3 is 2.63 bits per heavy atom. The monoisotopic (exact) mass is 281 g/mol. The maximum Gasteiger partial charge on any atom is 0.418 e. The molecule has 0 spiro atoms. The number of carbonyl (C=O) groups is 1. The number of halogens is 5. The van der Waals surface area contributed by atoms with Crippen LogP contribution in [0.2, 0.25) is 0 Å². The molecule has 0 aromatic carbocycles. The van der Waals surface area contributed by atoms with Crippen LogP contribution in [0.15, 0.2) is 6.20 Å². The first kappa shape index (κ1) is 12.4. The Bertz CT molecular complexity index is 574. The Morgan fingerprint density at radius 1 is 1.47 bits per heavy atom. The van der Waals surface area contributed by atoms with Crippen molar-refractivity contribution in [2.75, 3.05) is 0 Å². The molecule has 1 aromatic heterocycles. The van der Waals surface area contributed by atoms with Crippen molar-refractivity contribution < 1.29 is 31.9 Å². The molecule has 1 unspecified atom stereocenters. The van der Waals surface area contributed by atoms with Crippen molar-refractivity contribution in [1.82, 2.24) is 4.57 Å². The summed E-state index contributed by atoms with van der Waals surface area (Å²) >= 11 is 0. The van der Waals surface area contributed by atoms with E-state index in [1.165, 1.54) is 0 Å². The van der Waals surface area contributed by atoms with Crippen molar-refractivity contribution >= 4 is 5.97 Å². The van der Waals surface area contributed by atoms with E-state index in [2.05, 4.69) is 0 Å². The van der Waals surface area contributed by atoms with Crippen LogP contribution in [0.1, 0.15) is 29.2 Å². The molecule has 2 aliphatic rings. The minimum Gasteiger partial charge on any atom is -0.480 e. The summed E-state index contributed by atoms with van der Waals surface area (Å²) in [4.78, 5) is 10.6. The number of aliphatic carboxylic acids is 1. The third-order valence-electron chi connectivity index (χ3n) is 3.67. The molecule has 1 N–H and O–H groups in total. The van der Waals surface area contributed by atoms with Crippen LogP contribution in [0, 0.1) is 5.92 Å². The number of carboxylic acid groups (broad SMARTS) is 1. The molecular formula is C11H8F5NO2. The molecule has 0 saturated heterocycles. The zero-order chi connectivity index (χ0) is 14.2. The third kappa shape index (κ3) is 1.58. The van der Waals surface area contributed by atoms with Gasteiger partial charge in [-0.2, -0.15) is 22.0 Å². The minimum absolute atomic E-state index is 0.0279. The van der Waals surface area contributed by atoms with Gasteiger partial charge in [0.1, 0.15) is 6.54 Å². The van der Waals surface area contributed by atoms with Gasteiger partial charge in [0.15, 0.2) is 0 Å². The van der Waals surface area contributed by atoms with Gasteiger partial charge in [-0.15, -0.1) is 0 Å². The number of carboxylic acids is 1. The fourth-order valence-electron chi connectivity index (χ4n) is 2.91. The number of nitrogens with zero attached hydrogens (tertiary/aromatic N) is 1. The van der Waals surface area contributed by atoms with E-state index in [1.54, 1.807) is 0 Å². The second-order valence-electron chi connectivity index (χ2n) is 4.90. The Morgan fingerprint density at radius 2 is 2.11 bits per heavy atom. The van der Waals surface area contributed by atoms with Crippen molar-refractivity contribution in [1.29, 1.82) is 0 Å². The summed E-state index contributed by atoms with van der Waals surface area (Å²) in [6, 6.07) is 0. The van der Waals surface area contributed by atoms with E-state index in [0.29, 0.717) is 10.8 Å². The van der Waals surface area contributed by atoms with Crippen LogP contribution in [0.3, 0.4) is 0 Å². The largest absolute Gasteiger partial charge is 0.480 e. The highest BCUT2D eigenvalue weighted by Gasteiger charge is 2.67. The van der Waals surface area contributed by atoms with Crippen molar-refractivity contribution in [3.8, 4) is 0 Å². The van der Waals surface area contributed by atoms with Crippen LogP contribution in [-0.4, -0.2) is 15.6 Å². The quantitative estimate of drug-likeness (QED) is 0.847. The molecule has 0 amide bonds. The smallest absolute Gasteiger partial charge is 0.418 e. The molecule has 8 heteroatoms. The van der Waals surface area contributed by atoms with Crippen molar-refractivity contribution in [2.24, 2.45) is 5.92 Å². The molecule has 104 valence electrons. The van der Waals surface area contributed by atoms with E-state index in [-0.39, 0.29) is 6.42 Å². The lowest BCUT2D eigenvalue weighted by molar-refractivity contribution is -0.140. The summed E-state index contributed by atoms with van der Waals surface area (Å²) in [6.45, 7) is -0.895. The predicted octanol–water partition coefficient (Wildman–Crippen LogP) is 2.80. The summed E-state index contributed by atoms with van der Waals surface area (Å²) in [5.74, 6) is -6.74. The van der Waals surface area contributed by atoms with Crippen LogP contribution in [-0.2, 0) is 23.4 Å². The van der Waals surface area contributed by atoms with Gasteiger partial charge in [-0.25, -0.2) is 0 Å². The van der Waals surface area contributed by atoms with Gasteiger partial charge >= 0.3 is 12.1 Å². The summed E-state index contributed by atoms with van der Waals surface area (Å²) in [7, 11) is 0. The van der Waals surface area contributed by atoms with Crippen molar-refractivity contribution in [2.45, 2.75) is 31.0 Å². The van der Waals surface area contributed by atoms with Crippen LogP contribution < -0.4 is 0 Å². The topological polar surface area (TPSA) is 42.2 Å². The molecule has 3 rings (SSSR count). The number of aromatic nitrogens is 1. The number of rotatable bonds is 2. The molecule has 2 aliphatic carbocycles. The van der Waals surface area contributed by atoms with Crippen LogP contribution in [0.4, 0.5) is 22.0 Å². The first-order valence-electron chi connectivity index (χ1n) is 5.54. The first-order valence-corrected chi connectivity index (χ1v) is 5.54. The van der Waals surface area contributed by atoms with Crippen LogP contribution in [0.25, 0.3) is 0 Å². The lowest BCUT2D eigenvalue weighted by Crippen LogP contribution is -2.21. The van der Waals surface area contributed by atoms with Crippen molar-refractivity contribution in [3.63, 3.8) is 0 Å². The lowest BCUT2D eigenvalue weighted by atomic mass is 10.1. The van der Waals surface area contributed by atoms with E-state index in [0.717, 1.165) is 0 Å². The van der Waals surface area contributed by atoms with Gasteiger partial charge in [0.2, 0.25) is 0 Å². The van der Waals surface area contributed by atoms with E-state index in [1.807, 2.05) is 0 Å². The molecule has 0 radical (unpaired) electrons. The summed E-state index contributed by atoms with van der Waals surface area (Å²) in [5, 5.41) is 8.61. The van der Waals surface area contributed by atoms with Gasteiger partial charge in [0.25, 0.3) is 5.92 Å². The second-order valence-corrected chi connectivity index (χ2v) is 4.90. The second kappa shape index (κ2) is 3.29. The summed E-state index contributed by atoms with van der Waals surface area (Å²) in [6.07, 6.45) is -4.23. The molecule has 3 nitrogen and oxygen atoms in total. The van der Waals surface area contributed by atoms with E-state index in [9.17, 15) is 26.7 Å². The minimum atomic E-state index is -4.75. The maximum atomic E-state index is 13.9. The predicted molar refractivity (Wildman–Crippen MR) is 51.8 cm³/mol. The number of hydrogen-bond acceptors (Lipinski definition) is 1. The standard InChI is InChI=1S/C11H8F5NO2/c12-10(13)5-1-4(5)8-6(11(14,15)16)2-17(9(8)10)3-7(18)19/h2,4-5H,1,3H2,(H,18,19)/t4?,5-/m1/s1. The molecule has 19 heavy (non-hydrogen) atoms. The highest BCUT2D eigenvalue weighted by Crippen LogP contribution is 2.68. The molecule has 0 aliphatic heterocycles. The Labute approximate surface area is 103 Å². The van der Waals surface area contributed by atoms with Gasteiger partial charge in [-0.05, 0) is 17.9 Å². The molecule has 1 fully saturated rings. The van der Waals surface area contributed by atoms with Gasteiger partial charge in [0.05, 0.1) is 11.3 Å². The zero-order valence-electron chi connectivity index (χ0n) is 9.34. The van der Waals surface area contributed by atoms with Crippen molar-refractivity contribution in [3.05, 3.63) is 23.0 Å². The summed E-state index contributed by atoms with van der Waals surface area (Å²) in [5.41, 5.74) is -2.32. The third-order valence-corrected chi connectivity index (χ3v) is 3.67. The Hall–Kier alpha value is -1.60. The molecule has 1 saturated carbocycles. The number of hydrogen-bond donors (Lipinski definition) is 1. The van der Waals surface area contributed by atoms with Gasteiger partial charge in [0, 0.05) is 12.1 Å². The maximum absolute atomic E-state index is 13.9. The number of alkyl halides is 5. The highest BCUT2D eigenvalue weighted by molar-refractivity contribution is 5.67. The molecule has 1 heterocycles. The van der Waals surface area contributed by atoms with Gasteiger partial charge < -0.3 is 9.67 Å². The fraction of sp³-hybridized carbons (Fsp3) is 0.545. The zero-order valence-corrected chi connectivity index (χ0v) is 9.34. The Balaban J connectivity index is 2.19. The van der Waals surface area contributed by atoms with Crippen LogP contribution >= 0.6 is 0 Å². The molecule has 2 atom stereocenters. The van der Waals surface area contributed by atoms with Gasteiger partial charge in [-0.1, -0.05) is 0 Å². The lowest BCUT2D eigenvalue weighted by Gasteiger charge is -2.15. The number of fused-ring (bicyclic) bond motifs is 3. The van der Waals surface area contributed by atoms with E-state index >= 15 is 0 Å². The highest BCUT2D eigenvalue weighted by atomic mass is 19.4. The average molecular weight is 281 g/mol. The summed E-state index contributed by atoms with van der Waals surface area (Å²) < 4.78 is 66.8. The molecule has 1 aromatic rings. The first-order chi connectivity index (χ1) is 8.64. The van der Waals surface area contributed by atoms with E-state index < -0.39 is 53.3 Å². The van der Waals surface area contributed by atoms with Crippen LogP contribution in [0.5, 0.6) is 0 Å². The fourth-order valence-corrected chi connectivity index (χ4v) is 2.91. The molecule has 0 bridgehead atoms. The SMILES string of the molecule is O=C(O)Cn1cc(C(F)(F)F)c2c1C(F)(F)[C@@H]1CC21. The van der Waals surface area contributed by atoms with E-state index in [4.69, 9.17) is 5.11 Å². The molecular weight excluding hydrogens is 273 g/mol. The average Bonchev–Trinajstić information content (AvgIpc) is 2.87.